The van der Waals surface area contributed by atoms with Crippen LogP contribution in [0.3, 0.4) is 0 Å². The van der Waals surface area contributed by atoms with Gasteiger partial charge in [0.15, 0.2) is 0 Å². The molecule has 2 aliphatic rings. The van der Waals surface area contributed by atoms with Crippen LogP contribution in [-0.4, -0.2) is 23.3 Å². The van der Waals surface area contributed by atoms with Crippen LogP contribution in [-0.2, 0) is 5.60 Å². The molecule has 2 aromatic rings. The highest BCUT2D eigenvalue weighted by Crippen LogP contribution is 2.57. The first-order chi connectivity index (χ1) is 10.2. The number of hydrogen-bond acceptors (Lipinski definition) is 4. The van der Waals surface area contributed by atoms with Gasteiger partial charge in [-0.25, -0.2) is 4.98 Å². The van der Waals surface area contributed by atoms with Crippen molar-refractivity contribution in [2.24, 2.45) is 0 Å². The van der Waals surface area contributed by atoms with Crippen molar-refractivity contribution in [3.8, 4) is 11.6 Å². The zero-order chi connectivity index (χ0) is 14.4. The fourth-order valence-corrected chi connectivity index (χ4v) is 3.70. The third kappa shape index (κ3) is 1.69. The van der Waals surface area contributed by atoms with Crippen LogP contribution in [0.4, 0.5) is 0 Å². The molecule has 1 aliphatic heterocycles. The largest absolute Gasteiger partial charge is 0.486 e. The first-order valence-corrected chi connectivity index (χ1v) is 7.21. The van der Waals surface area contributed by atoms with Gasteiger partial charge in [0.2, 0.25) is 5.88 Å². The Morgan fingerprint density at radius 2 is 2.10 bits per heavy atom. The monoisotopic (exact) mass is 283 g/mol. The fraction of sp³-hybridized carbons (Fsp3) is 0.353. The van der Waals surface area contributed by atoms with Crippen molar-refractivity contribution in [1.82, 2.24) is 4.98 Å². The Balaban J connectivity index is 1.78. The van der Waals surface area contributed by atoms with Gasteiger partial charge in [0, 0.05) is 12.1 Å². The average Bonchev–Trinajstić information content (AvgIpc) is 3.00. The number of aliphatic hydroxyl groups is 1. The summed E-state index contributed by atoms with van der Waals surface area (Å²) in [6.45, 7) is 0. The topological polar surface area (TPSA) is 51.6 Å². The Labute approximate surface area is 123 Å². The third-order valence-corrected chi connectivity index (χ3v) is 4.66. The Morgan fingerprint density at radius 3 is 2.86 bits per heavy atom. The summed E-state index contributed by atoms with van der Waals surface area (Å²) in [7, 11) is 1.57. The van der Waals surface area contributed by atoms with E-state index in [0.717, 1.165) is 6.42 Å². The lowest BCUT2D eigenvalue weighted by molar-refractivity contribution is -0.0232. The summed E-state index contributed by atoms with van der Waals surface area (Å²) in [5.74, 6) is 1.34. The van der Waals surface area contributed by atoms with Crippen molar-refractivity contribution >= 4 is 0 Å². The number of benzene rings is 1. The lowest BCUT2D eigenvalue weighted by Crippen LogP contribution is -2.35. The average molecular weight is 283 g/mol. The molecule has 0 amide bonds. The highest BCUT2D eigenvalue weighted by molar-refractivity contribution is 5.51. The van der Waals surface area contributed by atoms with Crippen LogP contribution in [0.25, 0.3) is 0 Å². The van der Waals surface area contributed by atoms with E-state index >= 15 is 0 Å². The predicted molar refractivity (Wildman–Crippen MR) is 77.5 cm³/mol. The predicted octanol–water partition coefficient (Wildman–Crippen LogP) is 2.62. The van der Waals surface area contributed by atoms with Crippen molar-refractivity contribution in [2.75, 3.05) is 7.11 Å². The lowest BCUT2D eigenvalue weighted by Gasteiger charge is -2.25. The molecule has 1 N–H and O–H groups in total. The van der Waals surface area contributed by atoms with Crippen LogP contribution < -0.4 is 9.47 Å². The van der Waals surface area contributed by atoms with Crippen molar-refractivity contribution in [1.29, 1.82) is 0 Å². The molecule has 4 heteroatoms. The van der Waals surface area contributed by atoms with Gasteiger partial charge in [0.1, 0.15) is 17.5 Å². The van der Waals surface area contributed by atoms with Gasteiger partial charge >= 0.3 is 0 Å². The molecule has 0 saturated heterocycles. The van der Waals surface area contributed by atoms with Gasteiger partial charge in [-0.1, -0.05) is 30.3 Å². The molecule has 1 fully saturated rings. The van der Waals surface area contributed by atoms with Gasteiger partial charge in [-0.05, 0) is 24.5 Å². The van der Waals surface area contributed by atoms with Gasteiger partial charge in [0.05, 0.1) is 12.7 Å². The molecule has 4 nitrogen and oxygen atoms in total. The highest BCUT2D eigenvalue weighted by atomic mass is 16.5. The SMILES string of the molecule is COc1nccc2c1C1(O)CCC(c3ccccc3)C1O2. The van der Waals surface area contributed by atoms with Crippen LogP contribution in [0.1, 0.15) is 29.9 Å². The second kappa shape index (κ2) is 4.46. The normalized spacial score (nSPS) is 29.6. The van der Waals surface area contributed by atoms with Crippen molar-refractivity contribution in [2.45, 2.75) is 30.5 Å². The number of hydrogen-bond donors (Lipinski definition) is 1. The van der Waals surface area contributed by atoms with E-state index in [1.807, 2.05) is 18.2 Å². The molecule has 0 radical (unpaired) electrons. The molecule has 21 heavy (non-hydrogen) atoms. The van der Waals surface area contributed by atoms with Crippen LogP contribution in [0.5, 0.6) is 11.6 Å². The molecule has 3 atom stereocenters. The summed E-state index contributed by atoms with van der Waals surface area (Å²) in [6.07, 6.45) is 2.93. The van der Waals surface area contributed by atoms with Crippen molar-refractivity contribution < 1.29 is 14.6 Å². The Morgan fingerprint density at radius 1 is 1.29 bits per heavy atom. The van der Waals surface area contributed by atoms with E-state index in [-0.39, 0.29) is 12.0 Å². The quantitative estimate of drug-likeness (QED) is 0.920. The molecule has 1 aromatic heterocycles. The summed E-state index contributed by atoms with van der Waals surface area (Å²) >= 11 is 0. The van der Waals surface area contributed by atoms with E-state index in [4.69, 9.17) is 9.47 Å². The van der Waals surface area contributed by atoms with Crippen LogP contribution in [0.2, 0.25) is 0 Å². The number of methoxy groups -OCH3 is 1. The van der Waals surface area contributed by atoms with E-state index in [0.29, 0.717) is 23.6 Å². The second-order valence-corrected chi connectivity index (χ2v) is 5.71. The van der Waals surface area contributed by atoms with E-state index < -0.39 is 5.60 Å². The summed E-state index contributed by atoms with van der Waals surface area (Å²) in [5.41, 5.74) is 0.907. The molecular formula is C17H17NO3. The molecular weight excluding hydrogens is 266 g/mol. The van der Waals surface area contributed by atoms with Gasteiger partial charge < -0.3 is 14.6 Å². The van der Waals surface area contributed by atoms with Crippen LogP contribution in [0.15, 0.2) is 42.6 Å². The Bertz CT molecular complexity index is 673. The maximum atomic E-state index is 11.2. The van der Waals surface area contributed by atoms with Crippen molar-refractivity contribution in [3.63, 3.8) is 0 Å². The van der Waals surface area contributed by atoms with Gasteiger partial charge in [-0.2, -0.15) is 0 Å². The molecule has 108 valence electrons. The Kier molecular flexibility index (Phi) is 2.69. The third-order valence-electron chi connectivity index (χ3n) is 4.66. The van der Waals surface area contributed by atoms with Crippen LogP contribution in [0, 0.1) is 0 Å². The van der Waals surface area contributed by atoms with Gasteiger partial charge in [0.25, 0.3) is 0 Å². The summed E-state index contributed by atoms with van der Waals surface area (Å²) in [5, 5.41) is 11.2. The first kappa shape index (κ1) is 12.7. The second-order valence-electron chi connectivity index (χ2n) is 5.71. The molecule has 2 heterocycles. The zero-order valence-electron chi connectivity index (χ0n) is 11.8. The molecule has 1 aliphatic carbocycles. The molecule has 1 aromatic carbocycles. The maximum absolute atomic E-state index is 11.2. The smallest absolute Gasteiger partial charge is 0.223 e. The number of nitrogens with zero attached hydrogens (tertiary/aromatic N) is 1. The Hall–Kier alpha value is -2.07. The molecule has 3 unspecified atom stereocenters. The minimum atomic E-state index is -1.00. The molecule has 0 spiro atoms. The van der Waals surface area contributed by atoms with E-state index in [9.17, 15) is 5.11 Å². The van der Waals surface area contributed by atoms with E-state index in [1.54, 1.807) is 19.4 Å². The minimum Gasteiger partial charge on any atom is -0.486 e. The number of fused-ring (bicyclic) bond motifs is 3. The standard InChI is InChI=1S/C17H17NO3/c1-20-16-14-13(8-10-18-16)21-15-12(7-9-17(14,15)19)11-5-3-2-4-6-11/h2-6,8,10,12,15,19H,7,9H2,1H3. The lowest BCUT2D eigenvalue weighted by atomic mass is 9.88. The zero-order valence-corrected chi connectivity index (χ0v) is 11.8. The number of ether oxygens (including phenoxy) is 2. The molecule has 1 saturated carbocycles. The summed E-state index contributed by atoms with van der Waals surface area (Å²) in [4.78, 5) is 4.21. The van der Waals surface area contributed by atoms with Gasteiger partial charge in [-0.15, -0.1) is 0 Å². The molecule has 0 bridgehead atoms. The number of pyridine rings is 1. The fourth-order valence-electron chi connectivity index (χ4n) is 3.70. The van der Waals surface area contributed by atoms with Crippen LogP contribution >= 0.6 is 0 Å². The van der Waals surface area contributed by atoms with E-state index in [2.05, 4.69) is 17.1 Å². The highest BCUT2D eigenvalue weighted by Gasteiger charge is 2.57. The molecule has 4 rings (SSSR count). The summed E-state index contributed by atoms with van der Waals surface area (Å²) < 4.78 is 11.4. The van der Waals surface area contributed by atoms with Crippen molar-refractivity contribution in [3.05, 3.63) is 53.7 Å². The number of rotatable bonds is 2. The number of aromatic nitrogens is 1. The first-order valence-electron chi connectivity index (χ1n) is 7.21. The van der Waals surface area contributed by atoms with E-state index in [1.165, 1.54) is 5.56 Å². The maximum Gasteiger partial charge on any atom is 0.223 e. The van der Waals surface area contributed by atoms with Gasteiger partial charge in [-0.3, -0.25) is 0 Å². The summed E-state index contributed by atoms with van der Waals surface area (Å²) in [6, 6.07) is 12.0. The minimum absolute atomic E-state index is 0.188.